The first-order valence-corrected chi connectivity index (χ1v) is 11.2. The second kappa shape index (κ2) is 8.52. The number of nitriles is 1. The van der Waals surface area contributed by atoms with Crippen LogP contribution in [0.1, 0.15) is 63.0 Å². The summed E-state index contributed by atoms with van der Waals surface area (Å²) in [6.45, 7) is 0. The normalized spacial score (nSPS) is 21.8. The lowest BCUT2D eigenvalue weighted by atomic mass is 9.92. The predicted molar refractivity (Wildman–Crippen MR) is 121 cm³/mol. The van der Waals surface area contributed by atoms with E-state index in [0.29, 0.717) is 35.5 Å². The second-order valence-electron chi connectivity index (χ2n) is 8.73. The fourth-order valence-electron chi connectivity index (χ4n) is 4.73. The van der Waals surface area contributed by atoms with Crippen LogP contribution in [0.4, 0.5) is 17.5 Å². The Labute approximate surface area is 181 Å². The van der Waals surface area contributed by atoms with Crippen molar-refractivity contribution in [2.75, 3.05) is 10.6 Å². The molecule has 2 aliphatic carbocycles. The molecule has 31 heavy (non-hydrogen) atoms. The van der Waals surface area contributed by atoms with Crippen LogP contribution in [-0.4, -0.2) is 31.6 Å². The van der Waals surface area contributed by atoms with Gasteiger partial charge in [0.2, 0.25) is 5.95 Å². The van der Waals surface area contributed by atoms with Gasteiger partial charge in [0.25, 0.3) is 0 Å². The Hall–Kier alpha value is -3.18. The number of hydrogen-bond donors (Lipinski definition) is 3. The number of fused-ring (bicyclic) bond motifs is 1. The summed E-state index contributed by atoms with van der Waals surface area (Å²) >= 11 is 0. The van der Waals surface area contributed by atoms with Crippen LogP contribution in [0, 0.1) is 11.3 Å². The molecule has 0 amide bonds. The predicted octanol–water partition coefficient (Wildman–Crippen LogP) is 4.24. The standard InChI is InChI=1S/C23H28N8/c24-13-15-5-9-17(10-6-15)27-21-20-22(31(14-26-20)19-3-1-2-4-19)30-23(29-21)28-18-11-7-16(25)8-12-18/h5-6,9-10,14,16,18-19H,1-4,7-8,11-12,25H2,(H2,27,28,29,30). The highest BCUT2D eigenvalue weighted by atomic mass is 15.2. The number of aromatic nitrogens is 4. The Morgan fingerprint density at radius 2 is 1.74 bits per heavy atom. The van der Waals surface area contributed by atoms with Crippen LogP contribution in [-0.2, 0) is 0 Å². The van der Waals surface area contributed by atoms with Crippen LogP contribution in [0.15, 0.2) is 30.6 Å². The topological polar surface area (TPSA) is 117 Å². The molecule has 0 saturated heterocycles. The maximum absolute atomic E-state index is 9.05. The van der Waals surface area contributed by atoms with E-state index in [1.807, 2.05) is 18.5 Å². The van der Waals surface area contributed by atoms with Crippen molar-refractivity contribution < 1.29 is 0 Å². The first kappa shape index (κ1) is 19.8. The van der Waals surface area contributed by atoms with Crippen molar-refractivity contribution in [3.63, 3.8) is 0 Å². The summed E-state index contributed by atoms with van der Waals surface area (Å²) in [6, 6.07) is 10.6. The van der Waals surface area contributed by atoms with Crippen LogP contribution in [0.5, 0.6) is 0 Å². The molecule has 2 aromatic heterocycles. The van der Waals surface area contributed by atoms with Gasteiger partial charge in [0, 0.05) is 23.8 Å². The monoisotopic (exact) mass is 416 g/mol. The first-order chi connectivity index (χ1) is 15.2. The van der Waals surface area contributed by atoms with Gasteiger partial charge in [0.1, 0.15) is 0 Å². The minimum absolute atomic E-state index is 0.304. The van der Waals surface area contributed by atoms with Gasteiger partial charge in [-0.05, 0) is 62.8 Å². The van der Waals surface area contributed by atoms with Crippen molar-refractivity contribution in [2.24, 2.45) is 5.73 Å². The van der Waals surface area contributed by atoms with Gasteiger partial charge >= 0.3 is 0 Å². The van der Waals surface area contributed by atoms with Crippen molar-refractivity contribution in [1.82, 2.24) is 19.5 Å². The van der Waals surface area contributed by atoms with Gasteiger partial charge in [-0.1, -0.05) is 12.8 Å². The number of nitrogens with two attached hydrogens (primary N) is 1. The number of imidazole rings is 1. The third-order valence-electron chi connectivity index (χ3n) is 6.52. The van der Waals surface area contributed by atoms with E-state index in [1.165, 1.54) is 12.8 Å². The molecule has 8 heteroatoms. The van der Waals surface area contributed by atoms with E-state index >= 15 is 0 Å². The molecule has 0 aliphatic heterocycles. The quantitative estimate of drug-likeness (QED) is 0.569. The Morgan fingerprint density at radius 1 is 1.00 bits per heavy atom. The molecule has 2 fully saturated rings. The lowest BCUT2D eigenvalue weighted by molar-refractivity contribution is 0.410. The number of nitrogens with zero attached hydrogens (tertiary/aromatic N) is 5. The second-order valence-corrected chi connectivity index (χ2v) is 8.73. The maximum atomic E-state index is 9.05. The van der Waals surface area contributed by atoms with E-state index in [2.05, 4.69) is 26.3 Å². The van der Waals surface area contributed by atoms with Gasteiger partial charge < -0.3 is 20.9 Å². The molecular weight excluding hydrogens is 388 g/mol. The van der Waals surface area contributed by atoms with Crippen LogP contribution >= 0.6 is 0 Å². The van der Waals surface area contributed by atoms with Crippen molar-refractivity contribution in [3.8, 4) is 6.07 Å². The highest BCUT2D eigenvalue weighted by Gasteiger charge is 2.24. The maximum Gasteiger partial charge on any atom is 0.227 e. The Morgan fingerprint density at radius 3 is 2.45 bits per heavy atom. The van der Waals surface area contributed by atoms with Crippen LogP contribution < -0.4 is 16.4 Å². The molecule has 0 unspecified atom stereocenters. The molecule has 4 N–H and O–H groups in total. The number of benzene rings is 1. The highest BCUT2D eigenvalue weighted by molar-refractivity contribution is 5.86. The number of hydrogen-bond acceptors (Lipinski definition) is 7. The number of anilines is 3. The average molecular weight is 417 g/mol. The van der Waals surface area contributed by atoms with Crippen LogP contribution in [0.3, 0.4) is 0 Å². The van der Waals surface area contributed by atoms with Gasteiger partial charge in [-0.2, -0.15) is 15.2 Å². The summed E-state index contributed by atoms with van der Waals surface area (Å²) in [6.07, 6.45) is 10.8. The minimum Gasteiger partial charge on any atom is -0.351 e. The molecule has 0 bridgehead atoms. The molecule has 2 aliphatic rings. The summed E-state index contributed by atoms with van der Waals surface area (Å²) in [5.74, 6) is 1.31. The van der Waals surface area contributed by atoms with E-state index in [1.54, 1.807) is 12.1 Å². The average Bonchev–Trinajstić information content (AvgIpc) is 3.46. The van der Waals surface area contributed by atoms with E-state index in [-0.39, 0.29) is 0 Å². The molecule has 1 aromatic carbocycles. The zero-order chi connectivity index (χ0) is 21.2. The SMILES string of the molecule is N#Cc1ccc(Nc2nc(NC3CCC(N)CC3)nc3c2ncn3C2CCCC2)cc1. The van der Waals surface area contributed by atoms with Crippen LogP contribution in [0.25, 0.3) is 11.2 Å². The Bertz CT molecular complexity index is 1080. The number of nitrogens with one attached hydrogen (secondary N) is 2. The third kappa shape index (κ3) is 4.19. The smallest absolute Gasteiger partial charge is 0.227 e. The summed E-state index contributed by atoms with van der Waals surface area (Å²) < 4.78 is 2.22. The summed E-state index contributed by atoms with van der Waals surface area (Å²) in [7, 11) is 0. The van der Waals surface area contributed by atoms with E-state index in [4.69, 9.17) is 21.0 Å². The lowest BCUT2D eigenvalue weighted by Gasteiger charge is -2.27. The molecule has 2 heterocycles. The van der Waals surface area contributed by atoms with E-state index in [9.17, 15) is 0 Å². The molecule has 2 saturated carbocycles. The molecule has 5 rings (SSSR count). The van der Waals surface area contributed by atoms with Crippen LogP contribution in [0.2, 0.25) is 0 Å². The Kier molecular flexibility index (Phi) is 5.43. The molecular formula is C23H28N8. The minimum atomic E-state index is 0.304. The largest absolute Gasteiger partial charge is 0.351 e. The summed E-state index contributed by atoms with van der Waals surface area (Å²) in [5.41, 5.74) is 9.20. The summed E-state index contributed by atoms with van der Waals surface area (Å²) in [4.78, 5) is 14.3. The lowest BCUT2D eigenvalue weighted by Crippen LogP contribution is -2.33. The van der Waals surface area contributed by atoms with Crippen molar-refractivity contribution in [1.29, 1.82) is 5.26 Å². The molecule has 0 atom stereocenters. The Balaban J connectivity index is 1.49. The first-order valence-electron chi connectivity index (χ1n) is 11.2. The van der Waals surface area contributed by atoms with Gasteiger partial charge in [0.15, 0.2) is 17.0 Å². The van der Waals surface area contributed by atoms with Gasteiger partial charge in [-0.25, -0.2) is 4.98 Å². The molecule has 160 valence electrons. The molecule has 8 nitrogen and oxygen atoms in total. The zero-order valence-corrected chi connectivity index (χ0v) is 17.6. The van der Waals surface area contributed by atoms with Gasteiger partial charge in [-0.3, -0.25) is 0 Å². The molecule has 0 spiro atoms. The molecule has 0 radical (unpaired) electrons. The fourth-order valence-corrected chi connectivity index (χ4v) is 4.73. The van der Waals surface area contributed by atoms with Crippen molar-refractivity contribution in [3.05, 3.63) is 36.2 Å². The zero-order valence-electron chi connectivity index (χ0n) is 17.6. The fraction of sp³-hybridized carbons (Fsp3) is 0.478. The van der Waals surface area contributed by atoms with E-state index in [0.717, 1.165) is 55.4 Å². The van der Waals surface area contributed by atoms with Crippen molar-refractivity contribution >= 4 is 28.6 Å². The molecule has 3 aromatic rings. The third-order valence-corrected chi connectivity index (χ3v) is 6.52. The van der Waals surface area contributed by atoms with Crippen molar-refractivity contribution in [2.45, 2.75) is 69.5 Å². The van der Waals surface area contributed by atoms with Gasteiger partial charge in [-0.15, -0.1) is 0 Å². The van der Waals surface area contributed by atoms with Gasteiger partial charge in [0.05, 0.1) is 18.0 Å². The summed E-state index contributed by atoms with van der Waals surface area (Å²) in [5, 5.41) is 16.0. The number of rotatable bonds is 5. The van der Waals surface area contributed by atoms with E-state index < -0.39 is 0 Å². The highest BCUT2D eigenvalue weighted by Crippen LogP contribution is 2.34.